The number of hydrogen-bond donors (Lipinski definition) is 0. The largest absolute Gasteiger partial charge is 0.492 e. The second-order valence-corrected chi connectivity index (χ2v) is 18.8. The van der Waals surface area contributed by atoms with E-state index >= 15 is 0 Å². The zero-order valence-electron chi connectivity index (χ0n) is 34.4. The lowest BCUT2D eigenvalue weighted by atomic mass is 10.1. The molecule has 0 fully saturated rings. The zero-order chi connectivity index (χ0) is 39.8. The molecule has 7 aromatic rings. The van der Waals surface area contributed by atoms with Crippen LogP contribution in [0.3, 0.4) is 0 Å². The monoisotopic (exact) mass is 830 g/mol. The second-order valence-electron chi connectivity index (χ2n) is 15.0. The maximum absolute atomic E-state index is 6.15. The van der Waals surface area contributed by atoms with Crippen molar-refractivity contribution in [2.45, 2.75) is 98.8 Å². The Hall–Kier alpha value is -3.94. The van der Waals surface area contributed by atoms with Crippen molar-refractivity contribution in [2.24, 2.45) is 0 Å². The summed E-state index contributed by atoms with van der Waals surface area (Å²) in [5.74, 6) is 2.21. The van der Waals surface area contributed by atoms with Crippen molar-refractivity contribution in [2.75, 3.05) is 13.2 Å². The number of aryl methyl sites for hydroxylation is 5. The Bertz CT molecular complexity index is 2180. The van der Waals surface area contributed by atoms with Gasteiger partial charge in [0.2, 0.25) is 0 Å². The van der Waals surface area contributed by atoms with Gasteiger partial charge in [0.1, 0.15) is 11.5 Å². The minimum Gasteiger partial charge on any atom is -0.492 e. The Morgan fingerprint density at radius 1 is 0.561 bits per heavy atom. The van der Waals surface area contributed by atoms with E-state index in [4.69, 9.17) is 9.47 Å². The van der Waals surface area contributed by atoms with Crippen LogP contribution in [-0.2, 0) is 6.42 Å². The number of hydrogen-bond acceptors (Lipinski definition) is 6. The predicted octanol–water partition coefficient (Wildman–Crippen LogP) is 17.1. The van der Waals surface area contributed by atoms with E-state index in [9.17, 15) is 0 Å². The summed E-state index contributed by atoms with van der Waals surface area (Å²) in [5, 5.41) is 6.57. The first-order chi connectivity index (χ1) is 27.9. The Kier molecular flexibility index (Phi) is 16.7. The molecular weight excluding hydrogens is 773 g/mol. The highest BCUT2D eigenvalue weighted by molar-refractivity contribution is 7.23. The Labute approximate surface area is 358 Å². The van der Waals surface area contributed by atoms with E-state index in [0.717, 1.165) is 44.0 Å². The third kappa shape index (κ3) is 12.5. The van der Waals surface area contributed by atoms with Gasteiger partial charge in [-0.2, -0.15) is 0 Å². The lowest BCUT2D eigenvalue weighted by Gasteiger charge is -2.15. The minimum absolute atomic E-state index is 0.839. The predicted molar refractivity (Wildman–Crippen MR) is 253 cm³/mol. The summed E-state index contributed by atoms with van der Waals surface area (Å²) in [5.41, 5.74) is 10.4. The topological polar surface area (TPSA) is 18.5 Å². The number of benzene rings is 3. The summed E-state index contributed by atoms with van der Waals surface area (Å²) >= 11 is 7.25. The molecule has 0 unspecified atom stereocenters. The second kappa shape index (κ2) is 22.3. The smallest absolute Gasteiger partial charge is 0.141 e. The van der Waals surface area contributed by atoms with Crippen LogP contribution in [0.25, 0.3) is 41.1 Å². The summed E-state index contributed by atoms with van der Waals surface area (Å²) in [6.07, 6.45) is 13.0. The summed E-state index contributed by atoms with van der Waals surface area (Å²) in [6.45, 7) is 12.5. The van der Waals surface area contributed by atoms with Crippen molar-refractivity contribution >= 4 is 45.3 Å². The fraction of sp³-hybridized carbons (Fsp3) is 0.333. The molecule has 0 amide bonds. The molecule has 0 atom stereocenters. The molecule has 6 heteroatoms. The molecule has 0 N–H and O–H groups in total. The molecule has 0 aliphatic carbocycles. The van der Waals surface area contributed by atoms with Gasteiger partial charge in [-0.05, 0) is 98.0 Å². The van der Waals surface area contributed by atoms with Crippen LogP contribution in [-0.4, -0.2) is 13.2 Å². The van der Waals surface area contributed by atoms with Crippen molar-refractivity contribution in [3.8, 4) is 52.6 Å². The molecule has 4 aromatic heterocycles. The first kappa shape index (κ1) is 42.7. The normalized spacial score (nSPS) is 11.8. The van der Waals surface area contributed by atoms with Crippen molar-refractivity contribution in [1.29, 1.82) is 0 Å². The Morgan fingerprint density at radius 2 is 1.14 bits per heavy atom. The molecule has 5 heterocycles. The van der Waals surface area contributed by atoms with Gasteiger partial charge in [-0.25, -0.2) is 0 Å². The van der Waals surface area contributed by atoms with Gasteiger partial charge in [-0.1, -0.05) is 147 Å². The minimum atomic E-state index is 0.839. The molecular formula is C51H58O2S4. The standard InChI is InChI=1S/C22H32OS.C15H12S2.C14H14OS/c1-4-5-6-7-8-9-10-11-16-23-21-19(3)17-24-22(21)20-14-12-18(2)13-15-20;1-11-4-6-12(7-5-11)13-8-9-15(17-13)14-3-2-10-16-14;1-10-4-6-11(7-5-10)14-13-12(9-16-14)3-2-8-15-13/h12-15,17H,4-11,16H2,1-3H3;2-10H,1H3;4-7,9H,2-3,8H2,1H3. The van der Waals surface area contributed by atoms with E-state index in [1.807, 2.05) is 11.3 Å². The van der Waals surface area contributed by atoms with Crippen LogP contribution < -0.4 is 9.47 Å². The van der Waals surface area contributed by atoms with E-state index in [1.165, 1.54) is 114 Å². The quantitative estimate of drug-likeness (QED) is 0.102. The fourth-order valence-electron chi connectivity index (χ4n) is 6.74. The lowest BCUT2D eigenvalue weighted by Crippen LogP contribution is -2.06. The molecule has 1 aliphatic heterocycles. The van der Waals surface area contributed by atoms with Crippen LogP contribution in [0.15, 0.2) is 113 Å². The molecule has 57 heavy (non-hydrogen) atoms. The third-order valence-electron chi connectivity index (χ3n) is 10.1. The molecule has 0 radical (unpaired) electrons. The molecule has 0 spiro atoms. The summed E-state index contributed by atoms with van der Waals surface area (Å²) < 4.78 is 11.9. The van der Waals surface area contributed by atoms with Crippen LogP contribution in [0, 0.1) is 27.7 Å². The van der Waals surface area contributed by atoms with Gasteiger partial charge >= 0.3 is 0 Å². The molecule has 3 aromatic carbocycles. The SMILES string of the molecule is CCCCCCCCCCOc1c(C)csc1-c1ccc(C)cc1.Cc1ccc(-c2ccc(-c3cccs3)s2)cc1.Cc1ccc(-c2scc3c2OCCC3)cc1. The number of rotatable bonds is 14. The molecule has 0 saturated heterocycles. The zero-order valence-corrected chi connectivity index (χ0v) is 37.7. The van der Waals surface area contributed by atoms with Crippen molar-refractivity contribution in [3.63, 3.8) is 0 Å². The van der Waals surface area contributed by atoms with Gasteiger partial charge in [0, 0.05) is 25.8 Å². The lowest BCUT2D eigenvalue weighted by molar-refractivity contribution is 0.291. The molecule has 0 saturated carbocycles. The van der Waals surface area contributed by atoms with Gasteiger partial charge in [-0.3, -0.25) is 0 Å². The van der Waals surface area contributed by atoms with Gasteiger partial charge in [0.05, 0.1) is 23.0 Å². The fourth-order valence-corrected chi connectivity index (χ4v) is 10.6. The molecule has 298 valence electrons. The van der Waals surface area contributed by atoms with Gasteiger partial charge < -0.3 is 9.47 Å². The molecule has 1 aliphatic rings. The van der Waals surface area contributed by atoms with E-state index in [-0.39, 0.29) is 0 Å². The highest BCUT2D eigenvalue weighted by Gasteiger charge is 2.18. The van der Waals surface area contributed by atoms with Crippen LogP contribution in [0.1, 0.15) is 92.5 Å². The highest BCUT2D eigenvalue weighted by atomic mass is 32.1. The number of unbranched alkanes of at least 4 members (excludes halogenated alkanes) is 7. The van der Waals surface area contributed by atoms with Crippen LogP contribution >= 0.6 is 45.3 Å². The molecule has 8 rings (SSSR count). The first-order valence-electron chi connectivity index (χ1n) is 20.7. The van der Waals surface area contributed by atoms with E-state index in [2.05, 4.69) is 148 Å². The average molecular weight is 831 g/mol. The van der Waals surface area contributed by atoms with Crippen molar-refractivity contribution < 1.29 is 9.47 Å². The maximum atomic E-state index is 6.15. The van der Waals surface area contributed by atoms with Gasteiger partial charge in [-0.15, -0.1) is 45.3 Å². The van der Waals surface area contributed by atoms with Crippen molar-refractivity contribution in [3.05, 3.63) is 141 Å². The number of fused-ring (bicyclic) bond motifs is 1. The summed E-state index contributed by atoms with van der Waals surface area (Å²) in [4.78, 5) is 6.61. The van der Waals surface area contributed by atoms with Crippen LogP contribution in [0.2, 0.25) is 0 Å². The van der Waals surface area contributed by atoms with E-state index in [1.54, 1.807) is 34.0 Å². The summed E-state index contributed by atoms with van der Waals surface area (Å²) in [6, 6.07) is 34.8. The van der Waals surface area contributed by atoms with Gasteiger partial charge in [0.25, 0.3) is 0 Å². The number of ether oxygens (including phenoxy) is 2. The molecule has 0 bridgehead atoms. The number of thiophene rings is 4. The van der Waals surface area contributed by atoms with Crippen molar-refractivity contribution in [1.82, 2.24) is 0 Å². The maximum Gasteiger partial charge on any atom is 0.141 e. The first-order valence-corrected chi connectivity index (χ1v) is 24.1. The van der Waals surface area contributed by atoms with E-state index < -0.39 is 0 Å². The van der Waals surface area contributed by atoms with Gasteiger partial charge in [0.15, 0.2) is 0 Å². The van der Waals surface area contributed by atoms with E-state index in [0.29, 0.717) is 0 Å². The summed E-state index contributed by atoms with van der Waals surface area (Å²) in [7, 11) is 0. The van der Waals surface area contributed by atoms with Crippen LogP contribution in [0.5, 0.6) is 11.5 Å². The average Bonchev–Trinajstić information content (AvgIpc) is 4.07. The third-order valence-corrected chi connectivity index (χ3v) is 14.5. The van der Waals surface area contributed by atoms with Crippen LogP contribution in [0.4, 0.5) is 0 Å². The highest BCUT2D eigenvalue weighted by Crippen LogP contribution is 2.42. The Balaban J connectivity index is 0.000000148. The Morgan fingerprint density at radius 3 is 1.77 bits per heavy atom. The molecule has 2 nitrogen and oxygen atoms in total.